The summed E-state index contributed by atoms with van der Waals surface area (Å²) in [4.78, 5) is 37.6. The number of hydrogen-bond donors (Lipinski definition) is 0. The predicted molar refractivity (Wildman–Crippen MR) is 220 cm³/mol. The van der Waals surface area contributed by atoms with Crippen LogP contribution in [0.25, 0.3) is 0 Å². The van der Waals surface area contributed by atoms with E-state index in [0.29, 0.717) is 19.3 Å². The summed E-state index contributed by atoms with van der Waals surface area (Å²) in [5.41, 5.74) is 0. The van der Waals surface area contributed by atoms with Crippen molar-refractivity contribution in [1.82, 2.24) is 0 Å². The summed E-state index contributed by atoms with van der Waals surface area (Å²) in [7, 11) is 0. The first kappa shape index (κ1) is 50.4. The summed E-state index contributed by atoms with van der Waals surface area (Å²) < 4.78 is 16.7. The van der Waals surface area contributed by atoms with Crippen LogP contribution in [-0.4, -0.2) is 37.2 Å². The third-order valence-corrected chi connectivity index (χ3v) is 10.3. The van der Waals surface area contributed by atoms with Crippen LogP contribution in [0.4, 0.5) is 0 Å². The van der Waals surface area contributed by atoms with E-state index in [9.17, 15) is 14.4 Å². The summed E-state index contributed by atoms with van der Waals surface area (Å²) in [6.45, 7) is 8.92. The zero-order valence-electron chi connectivity index (χ0n) is 35.3. The monoisotopic (exact) mass is 737 g/mol. The van der Waals surface area contributed by atoms with E-state index >= 15 is 0 Å². The lowest BCUT2D eigenvalue weighted by Crippen LogP contribution is -2.30. The topological polar surface area (TPSA) is 78.9 Å². The van der Waals surface area contributed by atoms with Gasteiger partial charge in [-0.1, -0.05) is 214 Å². The third-order valence-electron chi connectivity index (χ3n) is 10.3. The minimum Gasteiger partial charge on any atom is -0.462 e. The first-order valence-electron chi connectivity index (χ1n) is 22.9. The predicted octanol–water partition coefficient (Wildman–Crippen LogP) is 14.3. The summed E-state index contributed by atoms with van der Waals surface area (Å²) in [5, 5.41) is 0. The first-order chi connectivity index (χ1) is 25.4. The molecule has 0 bridgehead atoms. The Kier molecular flexibility index (Phi) is 39.4. The molecule has 0 amide bonds. The molecule has 0 heterocycles. The van der Waals surface area contributed by atoms with Crippen molar-refractivity contribution in [3.05, 3.63) is 0 Å². The number of unbranched alkanes of at least 4 members (excludes halogenated alkanes) is 28. The van der Waals surface area contributed by atoms with Crippen LogP contribution in [0.5, 0.6) is 0 Å². The molecular weight excluding hydrogens is 648 g/mol. The van der Waals surface area contributed by atoms with Crippen molar-refractivity contribution in [2.24, 2.45) is 5.92 Å². The molecule has 0 N–H and O–H groups in total. The summed E-state index contributed by atoms with van der Waals surface area (Å²) in [6.07, 6.45) is 39.5. The van der Waals surface area contributed by atoms with Gasteiger partial charge in [0.25, 0.3) is 0 Å². The minimum absolute atomic E-state index is 0.0645. The van der Waals surface area contributed by atoms with E-state index < -0.39 is 6.10 Å². The average molecular weight is 737 g/mol. The smallest absolute Gasteiger partial charge is 0.306 e. The maximum absolute atomic E-state index is 12.7. The van der Waals surface area contributed by atoms with Crippen molar-refractivity contribution in [3.8, 4) is 0 Å². The number of ether oxygens (including phenoxy) is 3. The summed E-state index contributed by atoms with van der Waals surface area (Å²) in [5.74, 6) is -0.0960. The molecule has 0 aromatic heterocycles. The van der Waals surface area contributed by atoms with E-state index in [1.807, 2.05) is 0 Å². The number of carbonyl (C=O) groups is 3. The number of esters is 3. The normalized spacial score (nSPS) is 11.9. The van der Waals surface area contributed by atoms with Crippen LogP contribution in [0, 0.1) is 5.92 Å². The molecule has 0 spiro atoms. The number of rotatable bonds is 41. The number of hydrogen-bond acceptors (Lipinski definition) is 6. The highest BCUT2D eigenvalue weighted by Crippen LogP contribution is 2.16. The van der Waals surface area contributed by atoms with Gasteiger partial charge in [0.1, 0.15) is 13.2 Å². The molecule has 0 rings (SSSR count). The maximum Gasteiger partial charge on any atom is 0.306 e. The van der Waals surface area contributed by atoms with Crippen LogP contribution >= 0.6 is 0 Å². The fourth-order valence-corrected chi connectivity index (χ4v) is 6.80. The molecule has 52 heavy (non-hydrogen) atoms. The van der Waals surface area contributed by atoms with Gasteiger partial charge in [-0.3, -0.25) is 14.4 Å². The van der Waals surface area contributed by atoms with E-state index in [-0.39, 0.29) is 31.1 Å². The minimum atomic E-state index is -0.759. The first-order valence-corrected chi connectivity index (χ1v) is 22.9. The zero-order chi connectivity index (χ0) is 38.2. The lowest BCUT2D eigenvalue weighted by atomic mass is 10.0. The Balaban J connectivity index is 4.27. The quantitative estimate of drug-likeness (QED) is 0.0353. The molecule has 0 aromatic rings. The summed E-state index contributed by atoms with van der Waals surface area (Å²) in [6, 6.07) is 0. The van der Waals surface area contributed by atoms with Crippen LogP contribution in [-0.2, 0) is 28.6 Å². The number of carbonyl (C=O) groups excluding carboxylic acids is 3. The van der Waals surface area contributed by atoms with Gasteiger partial charge < -0.3 is 14.2 Å². The lowest BCUT2D eigenvalue weighted by Gasteiger charge is -2.18. The van der Waals surface area contributed by atoms with Crippen molar-refractivity contribution in [2.75, 3.05) is 13.2 Å². The van der Waals surface area contributed by atoms with Gasteiger partial charge in [-0.2, -0.15) is 0 Å². The second kappa shape index (κ2) is 40.6. The molecule has 0 aromatic carbocycles. The molecule has 0 fully saturated rings. The largest absolute Gasteiger partial charge is 0.462 e. The molecule has 308 valence electrons. The van der Waals surface area contributed by atoms with E-state index in [1.165, 1.54) is 148 Å². The van der Waals surface area contributed by atoms with Gasteiger partial charge in [-0.05, 0) is 25.2 Å². The molecular formula is C46H88O6. The third kappa shape index (κ3) is 39.6. The van der Waals surface area contributed by atoms with E-state index in [0.717, 1.165) is 63.7 Å². The van der Waals surface area contributed by atoms with Crippen LogP contribution in [0.3, 0.4) is 0 Å². The van der Waals surface area contributed by atoms with E-state index in [1.54, 1.807) is 0 Å². The molecule has 1 atom stereocenters. The van der Waals surface area contributed by atoms with Crippen molar-refractivity contribution in [2.45, 2.75) is 259 Å². The molecule has 6 heteroatoms. The van der Waals surface area contributed by atoms with E-state index in [2.05, 4.69) is 27.7 Å². The Morgan fingerprint density at radius 2 is 0.635 bits per heavy atom. The van der Waals surface area contributed by atoms with Crippen LogP contribution < -0.4 is 0 Å². The van der Waals surface area contributed by atoms with Crippen LogP contribution in [0.15, 0.2) is 0 Å². The average Bonchev–Trinajstić information content (AvgIpc) is 3.12. The SMILES string of the molecule is CCCCCCCCCCCCCCCCCC(=O)OC[C@H](COC(=O)CCCCCCCCC(C)C)OC(=O)CCCCCCCCCCCC. The Hall–Kier alpha value is -1.59. The Bertz CT molecular complexity index is 781. The fraction of sp³-hybridized carbons (Fsp3) is 0.935. The van der Waals surface area contributed by atoms with Gasteiger partial charge in [0, 0.05) is 19.3 Å². The molecule has 0 radical (unpaired) electrons. The van der Waals surface area contributed by atoms with Gasteiger partial charge in [-0.25, -0.2) is 0 Å². The maximum atomic E-state index is 12.7. The molecule has 0 saturated heterocycles. The second-order valence-electron chi connectivity index (χ2n) is 16.2. The van der Waals surface area contributed by atoms with Gasteiger partial charge in [-0.15, -0.1) is 0 Å². The Morgan fingerprint density at radius 3 is 0.942 bits per heavy atom. The van der Waals surface area contributed by atoms with Crippen LogP contribution in [0.2, 0.25) is 0 Å². The van der Waals surface area contributed by atoms with Gasteiger partial charge in [0.2, 0.25) is 0 Å². The fourth-order valence-electron chi connectivity index (χ4n) is 6.80. The zero-order valence-corrected chi connectivity index (χ0v) is 35.3. The standard InChI is InChI=1S/C46H88O6/c1-5-7-9-11-13-15-17-18-19-20-21-23-24-29-33-37-44(47)50-40-43(41-51-45(48)38-34-30-27-26-28-32-36-42(3)4)52-46(49)39-35-31-25-22-16-14-12-10-8-6-2/h42-43H,5-41H2,1-4H3/t43-/m1/s1. The highest BCUT2D eigenvalue weighted by Gasteiger charge is 2.19. The highest BCUT2D eigenvalue weighted by atomic mass is 16.6. The Morgan fingerprint density at radius 1 is 0.365 bits per heavy atom. The molecule has 0 unspecified atom stereocenters. The highest BCUT2D eigenvalue weighted by molar-refractivity contribution is 5.71. The van der Waals surface area contributed by atoms with Gasteiger partial charge in [0.05, 0.1) is 0 Å². The molecule has 0 saturated carbocycles. The van der Waals surface area contributed by atoms with Crippen molar-refractivity contribution in [1.29, 1.82) is 0 Å². The van der Waals surface area contributed by atoms with Crippen LogP contribution in [0.1, 0.15) is 252 Å². The second-order valence-corrected chi connectivity index (χ2v) is 16.2. The van der Waals surface area contributed by atoms with Crippen molar-refractivity contribution < 1.29 is 28.6 Å². The van der Waals surface area contributed by atoms with Gasteiger partial charge >= 0.3 is 17.9 Å². The molecule has 6 nitrogen and oxygen atoms in total. The molecule has 0 aliphatic rings. The lowest BCUT2D eigenvalue weighted by molar-refractivity contribution is -0.167. The van der Waals surface area contributed by atoms with Crippen molar-refractivity contribution in [3.63, 3.8) is 0 Å². The van der Waals surface area contributed by atoms with Crippen molar-refractivity contribution >= 4 is 17.9 Å². The molecule has 0 aliphatic carbocycles. The summed E-state index contributed by atoms with van der Waals surface area (Å²) >= 11 is 0. The Labute approximate surface area is 323 Å². The van der Waals surface area contributed by atoms with Gasteiger partial charge in [0.15, 0.2) is 6.10 Å². The van der Waals surface area contributed by atoms with E-state index in [4.69, 9.17) is 14.2 Å². The molecule has 0 aliphatic heterocycles.